The summed E-state index contributed by atoms with van der Waals surface area (Å²) >= 11 is 6.03. The van der Waals surface area contributed by atoms with Crippen LogP contribution in [0.3, 0.4) is 0 Å². The van der Waals surface area contributed by atoms with Gasteiger partial charge in [-0.1, -0.05) is 48.0 Å². The summed E-state index contributed by atoms with van der Waals surface area (Å²) in [6.45, 7) is 0. The monoisotopic (exact) mass is 326 g/mol. The van der Waals surface area contributed by atoms with Crippen LogP contribution in [0.5, 0.6) is 0 Å². The van der Waals surface area contributed by atoms with Crippen LogP contribution in [0.15, 0.2) is 64.6 Å². The van der Waals surface area contributed by atoms with E-state index in [0.29, 0.717) is 21.4 Å². The fourth-order valence-electron chi connectivity index (χ4n) is 2.24. The summed E-state index contributed by atoms with van der Waals surface area (Å²) in [6.07, 6.45) is 2.63. The maximum absolute atomic E-state index is 12.4. The molecule has 0 aliphatic carbocycles. The molecular formula is C17H11ClN2O3. The van der Waals surface area contributed by atoms with Gasteiger partial charge in [0.1, 0.15) is 0 Å². The molecule has 3 aromatic rings. The Kier molecular flexibility index (Phi) is 3.95. The smallest absolute Gasteiger partial charge is 0.337 e. The highest BCUT2D eigenvalue weighted by molar-refractivity contribution is 6.33. The first-order valence-corrected chi connectivity index (χ1v) is 7.12. The number of halogens is 1. The molecule has 0 atom stereocenters. The van der Waals surface area contributed by atoms with Crippen molar-refractivity contribution in [3.63, 3.8) is 0 Å². The largest absolute Gasteiger partial charge is 0.478 e. The maximum Gasteiger partial charge on any atom is 0.337 e. The van der Waals surface area contributed by atoms with Gasteiger partial charge in [-0.2, -0.15) is 5.10 Å². The first-order valence-electron chi connectivity index (χ1n) is 6.74. The highest BCUT2D eigenvalue weighted by Crippen LogP contribution is 2.16. The summed E-state index contributed by atoms with van der Waals surface area (Å²) in [4.78, 5) is 23.9. The lowest BCUT2D eigenvalue weighted by molar-refractivity contribution is 0.0698. The molecule has 0 unspecified atom stereocenters. The summed E-state index contributed by atoms with van der Waals surface area (Å²) in [5.41, 5.74) is 0.247. The molecule has 0 aliphatic rings. The predicted octanol–water partition coefficient (Wildman–Crippen LogP) is 3.24. The Morgan fingerprint density at radius 2 is 1.74 bits per heavy atom. The molecule has 1 heterocycles. The third kappa shape index (κ3) is 2.86. The van der Waals surface area contributed by atoms with Crippen LogP contribution in [0.2, 0.25) is 5.02 Å². The van der Waals surface area contributed by atoms with Gasteiger partial charge in [0, 0.05) is 27.6 Å². The Balaban J connectivity index is 2.19. The lowest BCUT2D eigenvalue weighted by Crippen LogP contribution is -2.19. The van der Waals surface area contributed by atoms with Crippen molar-refractivity contribution >= 4 is 34.6 Å². The Morgan fingerprint density at radius 1 is 1.09 bits per heavy atom. The minimum Gasteiger partial charge on any atom is -0.478 e. The molecule has 2 aromatic carbocycles. The average Bonchev–Trinajstić information content (AvgIpc) is 2.55. The van der Waals surface area contributed by atoms with E-state index in [1.165, 1.54) is 12.4 Å². The van der Waals surface area contributed by atoms with Crippen molar-refractivity contribution in [2.45, 2.75) is 0 Å². The van der Waals surface area contributed by atoms with Crippen LogP contribution in [0.4, 0.5) is 0 Å². The van der Waals surface area contributed by atoms with Gasteiger partial charge in [-0.05, 0) is 12.1 Å². The zero-order chi connectivity index (χ0) is 16.4. The van der Waals surface area contributed by atoms with Crippen molar-refractivity contribution in [1.29, 1.82) is 0 Å². The normalized spacial score (nSPS) is 11.2. The van der Waals surface area contributed by atoms with Crippen molar-refractivity contribution in [2.24, 2.45) is 5.10 Å². The maximum atomic E-state index is 12.4. The SMILES string of the molecule is O=C(O)c1cn(/N=C/c2ccccc2Cl)c(=O)c2ccccc12. The van der Waals surface area contributed by atoms with E-state index in [1.807, 2.05) is 0 Å². The highest BCUT2D eigenvalue weighted by Gasteiger charge is 2.13. The molecule has 1 N–H and O–H groups in total. The lowest BCUT2D eigenvalue weighted by Gasteiger charge is -2.06. The van der Waals surface area contributed by atoms with Crippen molar-refractivity contribution in [2.75, 3.05) is 0 Å². The zero-order valence-electron chi connectivity index (χ0n) is 11.8. The molecule has 23 heavy (non-hydrogen) atoms. The van der Waals surface area contributed by atoms with E-state index in [1.54, 1.807) is 48.5 Å². The lowest BCUT2D eigenvalue weighted by atomic mass is 10.1. The van der Waals surface area contributed by atoms with Crippen LogP contribution in [-0.4, -0.2) is 22.0 Å². The Bertz CT molecular complexity index is 993. The molecule has 0 saturated carbocycles. The Labute approximate surface area is 136 Å². The number of fused-ring (bicyclic) bond motifs is 1. The molecule has 0 radical (unpaired) electrons. The third-order valence-electron chi connectivity index (χ3n) is 3.36. The van der Waals surface area contributed by atoms with E-state index in [9.17, 15) is 14.7 Å². The number of nitrogens with zero attached hydrogens (tertiary/aromatic N) is 2. The van der Waals surface area contributed by atoms with Gasteiger partial charge in [-0.15, -0.1) is 0 Å². The number of carboxylic acids is 1. The number of pyridine rings is 1. The van der Waals surface area contributed by atoms with Crippen molar-refractivity contribution in [3.05, 3.63) is 81.2 Å². The van der Waals surface area contributed by atoms with Gasteiger partial charge in [-0.25, -0.2) is 9.47 Å². The van der Waals surface area contributed by atoms with Gasteiger partial charge in [-0.3, -0.25) is 4.79 Å². The number of carboxylic acid groups (broad SMARTS) is 1. The molecule has 0 bridgehead atoms. The van der Waals surface area contributed by atoms with Crippen LogP contribution in [-0.2, 0) is 0 Å². The first kappa shape index (κ1) is 15.0. The Hall–Kier alpha value is -2.92. The molecule has 6 heteroatoms. The molecule has 3 rings (SSSR count). The van der Waals surface area contributed by atoms with E-state index in [4.69, 9.17) is 11.6 Å². The van der Waals surface area contributed by atoms with Gasteiger partial charge in [0.2, 0.25) is 0 Å². The summed E-state index contributed by atoms with van der Waals surface area (Å²) in [6, 6.07) is 13.6. The number of carbonyl (C=O) groups is 1. The third-order valence-corrected chi connectivity index (χ3v) is 3.71. The second kappa shape index (κ2) is 6.06. The topological polar surface area (TPSA) is 71.7 Å². The van der Waals surface area contributed by atoms with Crippen LogP contribution in [0.25, 0.3) is 10.8 Å². The minimum atomic E-state index is -1.12. The average molecular weight is 327 g/mol. The standard InChI is InChI=1S/C17H11ClN2O3/c18-15-8-4-1-5-11(15)9-19-20-10-14(17(22)23)12-6-2-3-7-13(12)16(20)21/h1-10H,(H,22,23)/b19-9+. The number of rotatable bonds is 3. The summed E-state index contributed by atoms with van der Waals surface area (Å²) in [5, 5.41) is 14.6. The molecule has 0 spiro atoms. The van der Waals surface area contributed by atoms with E-state index in [2.05, 4.69) is 5.10 Å². The minimum absolute atomic E-state index is 0.0107. The van der Waals surface area contributed by atoms with E-state index in [0.717, 1.165) is 4.68 Å². The number of hydrogen-bond donors (Lipinski definition) is 1. The van der Waals surface area contributed by atoms with Gasteiger partial charge < -0.3 is 5.11 Å². The molecule has 0 saturated heterocycles. The summed E-state index contributed by atoms with van der Waals surface area (Å²) < 4.78 is 1.01. The summed E-state index contributed by atoms with van der Waals surface area (Å²) in [7, 11) is 0. The molecule has 0 fully saturated rings. The fraction of sp³-hybridized carbons (Fsp3) is 0. The summed E-state index contributed by atoms with van der Waals surface area (Å²) in [5.74, 6) is -1.12. The first-order chi connectivity index (χ1) is 11.1. The number of benzene rings is 2. The van der Waals surface area contributed by atoms with Crippen molar-refractivity contribution < 1.29 is 9.90 Å². The van der Waals surface area contributed by atoms with Crippen LogP contribution < -0.4 is 5.56 Å². The molecule has 0 amide bonds. The van der Waals surface area contributed by atoms with E-state index < -0.39 is 11.5 Å². The quantitative estimate of drug-likeness (QED) is 0.751. The molecule has 5 nitrogen and oxygen atoms in total. The highest BCUT2D eigenvalue weighted by atomic mass is 35.5. The van der Waals surface area contributed by atoms with Gasteiger partial charge >= 0.3 is 5.97 Å². The molecule has 1 aromatic heterocycles. The van der Waals surface area contributed by atoms with Crippen LogP contribution in [0, 0.1) is 0 Å². The van der Waals surface area contributed by atoms with Crippen molar-refractivity contribution in [3.8, 4) is 0 Å². The van der Waals surface area contributed by atoms with E-state index >= 15 is 0 Å². The molecule has 0 aliphatic heterocycles. The van der Waals surface area contributed by atoms with Crippen molar-refractivity contribution in [1.82, 2.24) is 4.68 Å². The molecular weight excluding hydrogens is 316 g/mol. The Morgan fingerprint density at radius 3 is 2.43 bits per heavy atom. The van der Waals surface area contributed by atoms with E-state index in [-0.39, 0.29) is 5.56 Å². The zero-order valence-corrected chi connectivity index (χ0v) is 12.6. The van der Waals surface area contributed by atoms with Gasteiger partial charge in [0.15, 0.2) is 0 Å². The number of hydrogen-bond acceptors (Lipinski definition) is 3. The number of aromatic nitrogens is 1. The second-order valence-corrected chi connectivity index (χ2v) is 5.22. The van der Waals surface area contributed by atoms with Gasteiger partial charge in [0.05, 0.1) is 11.8 Å². The second-order valence-electron chi connectivity index (χ2n) is 4.81. The predicted molar refractivity (Wildman–Crippen MR) is 89.6 cm³/mol. The fourth-order valence-corrected chi connectivity index (χ4v) is 2.42. The molecule has 114 valence electrons. The van der Waals surface area contributed by atoms with Crippen LogP contribution >= 0.6 is 11.6 Å². The van der Waals surface area contributed by atoms with Crippen LogP contribution in [0.1, 0.15) is 15.9 Å². The van der Waals surface area contributed by atoms with Gasteiger partial charge in [0.25, 0.3) is 5.56 Å². The number of aromatic carboxylic acids is 1.